The van der Waals surface area contributed by atoms with Crippen LogP contribution in [0, 0.1) is 19.8 Å². The van der Waals surface area contributed by atoms with E-state index in [1.54, 1.807) is 13.8 Å². The van der Waals surface area contributed by atoms with Gasteiger partial charge in [0.05, 0.1) is 12.3 Å². The predicted octanol–water partition coefficient (Wildman–Crippen LogP) is 5.22. The highest BCUT2D eigenvalue weighted by Gasteiger charge is 2.18. The van der Waals surface area contributed by atoms with Gasteiger partial charge in [0.2, 0.25) is 11.8 Å². The Bertz CT molecular complexity index is 719. The van der Waals surface area contributed by atoms with Gasteiger partial charge in [0, 0.05) is 11.1 Å². The molecular formula is C22H31NO4. The molecule has 148 valence electrons. The number of aromatic hydroxyl groups is 2. The molecule has 1 atom stereocenters. The van der Waals surface area contributed by atoms with Crippen LogP contribution in [0.2, 0.25) is 0 Å². The predicted molar refractivity (Wildman–Crippen MR) is 106 cm³/mol. The zero-order valence-electron chi connectivity index (χ0n) is 16.6. The second-order valence-electron chi connectivity index (χ2n) is 7.58. The lowest BCUT2D eigenvalue weighted by molar-refractivity contribution is -0.0711. The summed E-state index contributed by atoms with van der Waals surface area (Å²) in [6.45, 7) is 6.20. The molecule has 1 aliphatic rings. The van der Waals surface area contributed by atoms with Crippen LogP contribution in [0.3, 0.4) is 0 Å². The maximum absolute atomic E-state index is 10.2. The van der Waals surface area contributed by atoms with Crippen molar-refractivity contribution in [1.29, 1.82) is 0 Å². The average Bonchev–Trinajstić information content (AvgIpc) is 2.86. The topological polar surface area (TPSA) is 63.9 Å². The molecule has 1 unspecified atom stereocenters. The minimum Gasteiger partial charge on any atom is -0.494 e. The van der Waals surface area contributed by atoms with Crippen molar-refractivity contribution in [2.24, 2.45) is 5.92 Å². The number of hydrogen-bond donors (Lipinski definition) is 2. The minimum absolute atomic E-state index is 0.0538. The van der Waals surface area contributed by atoms with Crippen molar-refractivity contribution in [1.82, 2.24) is 4.57 Å². The van der Waals surface area contributed by atoms with Crippen molar-refractivity contribution in [3.63, 3.8) is 0 Å². The molecule has 2 N–H and O–H groups in total. The van der Waals surface area contributed by atoms with E-state index in [4.69, 9.17) is 9.47 Å². The van der Waals surface area contributed by atoms with Gasteiger partial charge in [0.15, 0.2) is 6.29 Å². The van der Waals surface area contributed by atoms with E-state index in [-0.39, 0.29) is 18.1 Å². The monoisotopic (exact) mass is 373 g/mol. The van der Waals surface area contributed by atoms with Gasteiger partial charge in [-0.15, -0.1) is 0 Å². The van der Waals surface area contributed by atoms with Gasteiger partial charge >= 0.3 is 0 Å². The minimum atomic E-state index is -0.308. The summed E-state index contributed by atoms with van der Waals surface area (Å²) in [5.74, 6) is 1.61. The molecule has 1 fully saturated rings. The first-order valence-electron chi connectivity index (χ1n) is 9.96. The van der Waals surface area contributed by atoms with Gasteiger partial charge in [0.1, 0.15) is 5.75 Å². The lowest BCUT2D eigenvalue weighted by Crippen LogP contribution is -2.19. The van der Waals surface area contributed by atoms with Gasteiger partial charge in [-0.3, -0.25) is 4.57 Å². The van der Waals surface area contributed by atoms with Crippen LogP contribution in [0.15, 0.2) is 24.3 Å². The fourth-order valence-corrected chi connectivity index (χ4v) is 3.79. The zero-order chi connectivity index (χ0) is 19.4. The molecule has 5 heteroatoms. The van der Waals surface area contributed by atoms with E-state index in [0.717, 1.165) is 18.9 Å². The maximum Gasteiger partial charge on any atom is 0.201 e. The van der Waals surface area contributed by atoms with Gasteiger partial charge in [-0.25, -0.2) is 0 Å². The molecule has 1 saturated carbocycles. The fourth-order valence-electron chi connectivity index (χ4n) is 3.79. The molecule has 1 aromatic carbocycles. The van der Waals surface area contributed by atoms with E-state index >= 15 is 0 Å². The normalized spacial score (nSPS) is 16.4. The molecule has 0 amide bonds. The van der Waals surface area contributed by atoms with Crippen molar-refractivity contribution in [3.8, 4) is 23.2 Å². The molecule has 1 aromatic heterocycles. The highest BCUT2D eigenvalue weighted by Crippen LogP contribution is 2.35. The highest BCUT2D eigenvalue weighted by atomic mass is 16.7. The Balaban J connectivity index is 1.54. The van der Waals surface area contributed by atoms with Crippen molar-refractivity contribution in [3.05, 3.63) is 35.4 Å². The summed E-state index contributed by atoms with van der Waals surface area (Å²) >= 11 is 0. The van der Waals surface area contributed by atoms with Crippen molar-refractivity contribution < 1.29 is 19.7 Å². The van der Waals surface area contributed by atoms with Gasteiger partial charge in [-0.1, -0.05) is 32.1 Å². The summed E-state index contributed by atoms with van der Waals surface area (Å²) in [5.41, 5.74) is 2.03. The quantitative estimate of drug-likeness (QED) is 0.653. The Kier molecular flexibility index (Phi) is 6.32. The van der Waals surface area contributed by atoms with Gasteiger partial charge in [-0.05, 0) is 57.4 Å². The molecule has 1 aliphatic carbocycles. The van der Waals surface area contributed by atoms with Crippen LogP contribution in [0.4, 0.5) is 0 Å². The van der Waals surface area contributed by atoms with E-state index in [2.05, 4.69) is 0 Å². The van der Waals surface area contributed by atoms with E-state index < -0.39 is 0 Å². The van der Waals surface area contributed by atoms with Crippen LogP contribution >= 0.6 is 0 Å². The molecule has 0 spiro atoms. The van der Waals surface area contributed by atoms with Crippen LogP contribution in [0.5, 0.6) is 17.5 Å². The summed E-state index contributed by atoms with van der Waals surface area (Å²) < 4.78 is 13.1. The first-order valence-corrected chi connectivity index (χ1v) is 9.96. The van der Waals surface area contributed by atoms with Crippen molar-refractivity contribution in [2.75, 3.05) is 6.61 Å². The van der Waals surface area contributed by atoms with Crippen molar-refractivity contribution >= 4 is 0 Å². The number of aromatic nitrogens is 1. The average molecular weight is 373 g/mol. The summed E-state index contributed by atoms with van der Waals surface area (Å²) in [7, 11) is 0. The second kappa shape index (κ2) is 8.70. The number of rotatable bonds is 7. The van der Waals surface area contributed by atoms with Crippen LogP contribution in [0.25, 0.3) is 5.69 Å². The molecule has 0 bridgehead atoms. The third-order valence-electron chi connectivity index (χ3n) is 5.66. The molecule has 0 saturated heterocycles. The van der Waals surface area contributed by atoms with E-state index in [9.17, 15) is 10.2 Å². The number of benzene rings is 1. The fraction of sp³-hybridized carbons (Fsp3) is 0.545. The largest absolute Gasteiger partial charge is 0.494 e. The number of nitrogens with zero attached hydrogens (tertiary/aromatic N) is 1. The summed E-state index contributed by atoms with van der Waals surface area (Å²) in [5, 5.41) is 20.4. The lowest BCUT2D eigenvalue weighted by atomic mass is 9.87. The van der Waals surface area contributed by atoms with Crippen LogP contribution in [-0.2, 0) is 4.74 Å². The molecule has 0 aliphatic heterocycles. The summed E-state index contributed by atoms with van der Waals surface area (Å²) in [6.07, 6.45) is 7.55. The van der Waals surface area contributed by atoms with E-state index in [1.807, 2.05) is 31.2 Å². The molecule has 5 nitrogen and oxygen atoms in total. The number of ether oxygens (including phenoxy) is 2. The molecular weight excluding hydrogens is 342 g/mol. The Morgan fingerprint density at radius 1 is 1.00 bits per heavy atom. The Labute approximate surface area is 161 Å². The lowest BCUT2D eigenvalue weighted by Gasteiger charge is -2.22. The summed E-state index contributed by atoms with van der Waals surface area (Å²) in [4.78, 5) is 0. The SMILES string of the molecule is Cc1c(C)c(O)n(-c2ccc(OC(C)OCCC3CCCCC3)cc2)c1O. The van der Waals surface area contributed by atoms with E-state index in [1.165, 1.54) is 36.7 Å². The Morgan fingerprint density at radius 2 is 1.59 bits per heavy atom. The number of hydrogen-bond acceptors (Lipinski definition) is 4. The molecule has 3 rings (SSSR count). The van der Waals surface area contributed by atoms with Crippen LogP contribution in [-0.4, -0.2) is 27.7 Å². The molecule has 27 heavy (non-hydrogen) atoms. The van der Waals surface area contributed by atoms with Crippen LogP contribution < -0.4 is 4.74 Å². The molecule has 0 radical (unpaired) electrons. The maximum atomic E-state index is 10.2. The van der Waals surface area contributed by atoms with E-state index in [0.29, 0.717) is 22.6 Å². The van der Waals surface area contributed by atoms with Crippen LogP contribution in [0.1, 0.15) is 56.6 Å². The highest BCUT2D eigenvalue weighted by molar-refractivity contribution is 5.52. The molecule has 1 heterocycles. The first kappa shape index (κ1) is 19.6. The molecule has 2 aromatic rings. The third kappa shape index (κ3) is 4.59. The third-order valence-corrected chi connectivity index (χ3v) is 5.66. The van der Waals surface area contributed by atoms with Gasteiger partial charge in [0.25, 0.3) is 0 Å². The first-order chi connectivity index (χ1) is 13.0. The second-order valence-corrected chi connectivity index (χ2v) is 7.58. The standard InChI is InChI=1S/C22H31NO4/c1-15-16(2)22(25)23(21(15)24)19-9-11-20(12-10-19)27-17(3)26-14-13-18-7-5-4-6-8-18/h9-12,17-18,24-25H,4-8,13-14H2,1-3H3. The van der Waals surface area contributed by atoms with Gasteiger partial charge in [-0.2, -0.15) is 0 Å². The Hall–Kier alpha value is -2.14. The summed E-state index contributed by atoms with van der Waals surface area (Å²) in [6, 6.07) is 7.25. The van der Waals surface area contributed by atoms with Gasteiger partial charge < -0.3 is 19.7 Å². The zero-order valence-corrected chi connectivity index (χ0v) is 16.6. The Morgan fingerprint density at radius 3 is 2.19 bits per heavy atom. The smallest absolute Gasteiger partial charge is 0.201 e. The van der Waals surface area contributed by atoms with Crippen molar-refractivity contribution in [2.45, 2.75) is 65.6 Å².